The molecule has 2 aromatic carbocycles. The van der Waals surface area contributed by atoms with Crippen molar-refractivity contribution in [3.05, 3.63) is 88.4 Å². The molecule has 1 saturated carbocycles. The molecule has 7 heteroatoms. The summed E-state index contributed by atoms with van der Waals surface area (Å²) in [4.78, 5) is 27.0. The van der Waals surface area contributed by atoms with Gasteiger partial charge in [0.25, 0.3) is 0 Å². The molecule has 35 heavy (non-hydrogen) atoms. The van der Waals surface area contributed by atoms with Crippen LogP contribution in [0, 0.1) is 18.3 Å². The van der Waals surface area contributed by atoms with Crippen molar-refractivity contribution >= 4 is 21.6 Å². The minimum atomic E-state index is -3.78. The van der Waals surface area contributed by atoms with Crippen molar-refractivity contribution in [3.63, 3.8) is 0 Å². The summed E-state index contributed by atoms with van der Waals surface area (Å²) in [5, 5.41) is 0. The lowest BCUT2D eigenvalue weighted by Crippen LogP contribution is -2.41. The molecule has 0 N–H and O–H groups in total. The van der Waals surface area contributed by atoms with E-state index < -0.39 is 15.4 Å². The predicted octanol–water partition coefficient (Wildman–Crippen LogP) is 4.11. The molecule has 0 unspecified atom stereocenters. The summed E-state index contributed by atoms with van der Waals surface area (Å²) in [5.74, 6) is 0.888. The van der Waals surface area contributed by atoms with Crippen LogP contribution in [0.25, 0.3) is 0 Å². The highest BCUT2D eigenvalue weighted by Crippen LogP contribution is 2.61. The van der Waals surface area contributed by atoms with Gasteiger partial charge >= 0.3 is 0 Å². The number of hydrogen-bond acceptors (Lipinski definition) is 5. The van der Waals surface area contributed by atoms with E-state index in [9.17, 15) is 18.0 Å². The molecule has 2 aromatic rings. The molecule has 0 radical (unpaired) electrons. The second kappa shape index (κ2) is 8.00. The van der Waals surface area contributed by atoms with Crippen LogP contribution in [0.1, 0.15) is 36.8 Å². The summed E-state index contributed by atoms with van der Waals surface area (Å²) in [5.41, 5.74) is 2.13. The summed E-state index contributed by atoms with van der Waals surface area (Å²) in [7, 11) is -3.78. The predicted molar refractivity (Wildman–Crippen MR) is 130 cm³/mol. The SMILES string of the molecule is Cc1ccc(S(=O)(=O)N2C[C@@H]3CC(=O)C4=C(Cc5ccccc5)OC5=C(C(=O)CCC5)[C@]43C2)cc1. The number of Topliss-reactive ketones (excluding diaryl/α,β-unsaturated/α-hetero) is 2. The van der Waals surface area contributed by atoms with Gasteiger partial charge in [-0.05, 0) is 37.0 Å². The van der Waals surface area contributed by atoms with E-state index >= 15 is 0 Å². The smallest absolute Gasteiger partial charge is 0.243 e. The number of carbonyl (C=O) groups is 2. The molecular formula is C28H27NO5S. The van der Waals surface area contributed by atoms with E-state index in [1.54, 1.807) is 24.3 Å². The van der Waals surface area contributed by atoms with Crippen LogP contribution in [0.4, 0.5) is 0 Å². The summed E-state index contributed by atoms with van der Waals surface area (Å²) in [6.45, 7) is 2.23. The van der Waals surface area contributed by atoms with Crippen LogP contribution in [0.5, 0.6) is 0 Å². The molecule has 180 valence electrons. The van der Waals surface area contributed by atoms with Crippen molar-refractivity contribution in [3.8, 4) is 0 Å². The zero-order valence-electron chi connectivity index (χ0n) is 19.6. The molecule has 2 aliphatic carbocycles. The summed E-state index contributed by atoms with van der Waals surface area (Å²) < 4.78 is 35.1. The van der Waals surface area contributed by atoms with Gasteiger partial charge in [-0.2, -0.15) is 4.31 Å². The van der Waals surface area contributed by atoms with Crippen molar-refractivity contribution in [2.45, 2.75) is 43.9 Å². The Balaban J connectivity index is 1.48. The van der Waals surface area contributed by atoms with Gasteiger partial charge in [-0.15, -0.1) is 0 Å². The molecule has 0 bridgehead atoms. The third-order valence-electron chi connectivity index (χ3n) is 7.91. The largest absolute Gasteiger partial charge is 0.465 e. The molecule has 0 amide bonds. The number of sulfonamides is 1. The third kappa shape index (κ3) is 3.36. The summed E-state index contributed by atoms with van der Waals surface area (Å²) in [6.07, 6.45) is 2.38. The Hall–Kier alpha value is -3.03. The molecule has 2 atom stereocenters. The van der Waals surface area contributed by atoms with Crippen molar-refractivity contribution in [2.75, 3.05) is 13.1 Å². The fourth-order valence-corrected chi connectivity index (χ4v) is 7.87. The van der Waals surface area contributed by atoms with Gasteiger partial charge in [-0.25, -0.2) is 8.42 Å². The first-order chi connectivity index (χ1) is 16.8. The minimum absolute atomic E-state index is 0.0169. The number of nitrogens with zero attached hydrogens (tertiary/aromatic N) is 1. The minimum Gasteiger partial charge on any atom is -0.465 e. The van der Waals surface area contributed by atoms with E-state index in [0.717, 1.165) is 11.1 Å². The van der Waals surface area contributed by atoms with Crippen molar-refractivity contribution in [2.24, 2.45) is 11.3 Å². The number of ether oxygens (including phenoxy) is 1. The topological polar surface area (TPSA) is 80.8 Å². The third-order valence-corrected chi connectivity index (χ3v) is 9.73. The highest BCUT2D eigenvalue weighted by molar-refractivity contribution is 7.89. The molecule has 0 aromatic heterocycles. The lowest BCUT2D eigenvalue weighted by atomic mass is 9.66. The molecule has 1 spiro atoms. The van der Waals surface area contributed by atoms with Gasteiger partial charge in [0.1, 0.15) is 11.5 Å². The first-order valence-electron chi connectivity index (χ1n) is 12.1. The van der Waals surface area contributed by atoms with Gasteiger partial charge < -0.3 is 4.74 Å². The number of hydrogen-bond donors (Lipinski definition) is 0. The molecule has 1 saturated heterocycles. The number of benzene rings is 2. The Morgan fingerprint density at radius 3 is 2.46 bits per heavy atom. The highest BCUT2D eigenvalue weighted by Gasteiger charge is 2.64. The Morgan fingerprint density at radius 2 is 1.71 bits per heavy atom. The lowest BCUT2D eigenvalue weighted by molar-refractivity contribution is -0.117. The van der Waals surface area contributed by atoms with Crippen molar-refractivity contribution < 1.29 is 22.7 Å². The average molecular weight is 490 g/mol. The first kappa shape index (κ1) is 22.4. The number of ketones is 2. The molecule has 2 fully saturated rings. The maximum Gasteiger partial charge on any atom is 0.243 e. The molecule has 4 aliphatic rings. The molecule has 6 rings (SSSR count). The zero-order chi connectivity index (χ0) is 24.4. The van der Waals surface area contributed by atoms with Crippen LogP contribution in [0.3, 0.4) is 0 Å². The zero-order valence-corrected chi connectivity index (χ0v) is 20.4. The van der Waals surface area contributed by atoms with Gasteiger partial charge in [0.2, 0.25) is 10.0 Å². The van der Waals surface area contributed by atoms with E-state index in [1.807, 2.05) is 37.3 Å². The highest BCUT2D eigenvalue weighted by atomic mass is 32.2. The van der Waals surface area contributed by atoms with Crippen LogP contribution in [0.2, 0.25) is 0 Å². The molecule has 6 nitrogen and oxygen atoms in total. The number of aryl methyl sites for hydroxylation is 1. The van der Waals surface area contributed by atoms with Crippen molar-refractivity contribution in [1.29, 1.82) is 0 Å². The van der Waals surface area contributed by atoms with E-state index in [1.165, 1.54) is 4.31 Å². The Bertz CT molecular complexity index is 1410. The second-order valence-corrected chi connectivity index (χ2v) is 12.0. The maximum atomic E-state index is 13.6. The normalized spacial score (nSPS) is 26.5. The summed E-state index contributed by atoms with van der Waals surface area (Å²) in [6, 6.07) is 16.6. The van der Waals surface area contributed by atoms with Crippen LogP contribution in [0.15, 0.2) is 82.2 Å². The van der Waals surface area contributed by atoms with E-state index in [0.29, 0.717) is 48.3 Å². The van der Waals surface area contributed by atoms with Gasteiger partial charge in [0, 0.05) is 49.9 Å². The Morgan fingerprint density at radius 1 is 0.971 bits per heavy atom. The van der Waals surface area contributed by atoms with Crippen LogP contribution in [-0.2, 0) is 30.8 Å². The van der Waals surface area contributed by atoms with Crippen LogP contribution < -0.4 is 0 Å². The van der Waals surface area contributed by atoms with E-state index in [2.05, 4.69) is 0 Å². The number of rotatable bonds is 4. The summed E-state index contributed by atoms with van der Waals surface area (Å²) >= 11 is 0. The Labute approximate surface area is 205 Å². The second-order valence-electron chi connectivity index (χ2n) is 10.0. The van der Waals surface area contributed by atoms with E-state index in [4.69, 9.17) is 4.74 Å². The Kier molecular flexibility index (Phi) is 5.13. The maximum absolute atomic E-state index is 13.6. The number of allylic oxidation sites excluding steroid dienone is 2. The van der Waals surface area contributed by atoms with Gasteiger partial charge in [-0.3, -0.25) is 9.59 Å². The molecule has 2 aliphatic heterocycles. The quantitative estimate of drug-likeness (QED) is 0.646. The van der Waals surface area contributed by atoms with E-state index in [-0.39, 0.29) is 41.9 Å². The van der Waals surface area contributed by atoms with Gasteiger partial charge in [0.05, 0.1) is 10.3 Å². The van der Waals surface area contributed by atoms with Crippen LogP contribution >= 0.6 is 0 Å². The van der Waals surface area contributed by atoms with Gasteiger partial charge in [-0.1, -0.05) is 48.0 Å². The fourth-order valence-electron chi connectivity index (χ4n) is 6.35. The monoisotopic (exact) mass is 489 g/mol. The molecular weight excluding hydrogens is 462 g/mol. The fraction of sp³-hybridized carbons (Fsp3) is 0.357. The van der Waals surface area contributed by atoms with Gasteiger partial charge in [0.15, 0.2) is 11.6 Å². The standard InChI is InChI=1S/C28H27NO5S/c1-18-10-12-21(13-11-18)35(32,33)29-16-20-15-23(31)27-25(14-19-6-3-2-4-7-19)34-24-9-5-8-22(30)26(24)28(20,27)17-29/h2-4,6-7,10-13,20H,5,8-9,14-17H2,1H3/t20-,28+/m0/s1. The lowest BCUT2D eigenvalue weighted by Gasteiger charge is -2.40. The van der Waals surface area contributed by atoms with Crippen LogP contribution in [-0.4, -0.2) is 37.4 Å². The number of carbonyl (C=O) groups excluding carboxylic acids is 2. The van der Waals surface area contributed by atoms with Crippen molar-refractivity contribution in [1.82, 2.24) is 4.31 Å². The first-order valence-corrected chi connectivity index (χ1v) is 13.6. The molecule has 2 heterocycles. The average Bonchev–Trinajstić information content (AvgIpc) is 3.32.